The van der Waals surface area contributed by atoms with Gasteiger partial charge in [-0.2, -0.15) is 0 Å². The van der Waals surface area contributed by atoms with E-state index < -0.39 is 0 Å². The minimum absolute atomic E-state index is 0.414. The number of nitrogens with two attached hydrogens (primary N) is 1. The standard InChI is InChI=1S/C14H19N5/c1-10(2)7-16-14(15)17-8-12-9-19-11(3)5-4-6-13(19)18-12/h4-6,9H,1,7-8H2,2-3H3,(H3,15,16,17). The molecule has 19 heavy (non-hydrogen) atoms. The van der Waals surface area contributed by atoms with Crippen molar-refractivity contribution in [1.29, 1.82) is 0 Å². The van der Waals surface area contributed by atoms with Crippen LogP contribution in [0.4, 0.5) is 0 Å². The summed E-state index contributed by atoms with van der Waals surface area (Å²) in [7, 11) is 0. The summed E-state index contributed by atoms with van der Waals surface area (Å²) in [6, 6.07) is 6.01. The Kier molecular flexibility index (Phi) is 3.85. The molecule has 0 atom stereocenters. The molecule has 2 heterocycles. The second-order valence-electron chi connectivity index (χ2n) is 4.64. The van der Waals surface area contributed by atoms with Crippen LogP contribution in [0.1, 0.15) is 18.3 Å². The lowest BCUT2D eigenvalue weighted by Crippen LogP contribution is -2.32. The van der Waals surface area contributed by atoms with Crippen LogP contribution in [-0.4, -0.2) is 21.9 Å². The first-order chi connectivity index (χ1) is 9.06. The van der Waals surface area contributed by atoms with Gasteiger partial charge in [0.1, 0.15) is 5.65 Å². The molecule has 0 radical (unpaired) electrons. The van der Waals surface area contributed by atoms with Crippen LogP contribution in [0.15, 0.2) is 41.5 Å². The summed E-state index contributed by atoms with van der Waals surface area (Å²) in [5.74, 6) is 0.414. The number of hydrogen-bond donors (Lipinski definition) is 2. The van der Waals surface area contributed by atoms with E-state index in [4.69, 9.17) is 5.73 Å². The van der Waals surface area contributed by atoms with Crippen molar-refractivity contribution in [1.82, 2.24) is 14.7 Å². The number of nitrogens with zero attached hydrogens (tertiary/aromatic N) is 3. The Balaban J connectivity index is 2.07. The first kappa shape index (κ1) is 13.1. The molecule has 100 valence electrons. The van der Waals surface area contributed by atoms with E-state index in [0.717, 1.165) is 22.6 Å². The highest BCUT2D eigenvalue weighted by Gasteiger charge is 2.02. The van der Waals surface area contributed by atoms with Gasteiger partial charge in [0.05, 0.1) is 12.2 Å². The van der Waals surface area contributed by atoms with Crippen molar-refractivity contribution < 1.29 is 0 Å². The third-order valence-electron chi connectivity index (χ3n) is 2.73. The summed E-state index contributed by atoms with van der Waals surface area (Å²) in [4.78, 5) is 8.75. The molecule has 5 heteroatoms. The number of rotatable bonds is 4. The number of imidazole rings is 1. The number of guanidine groups is 1. The van der Waals surface area contributed by atoms with Crippen molar-refractivity contribution in [2.24, 2.45) is 10.7 Å². The molecular weight excluding hydrogens is 238 g/mol. The van der Waals surface area contributed by atoms with E-state index in [1.54, 1.807) is 0 Å². The second-order valence-corrected chi connectivity index (χ2v) is 4.64. The van der Waals surface area contributed by atoms with E-state index in [1.807, 2.05) is 42.6 Å². The number of aliphatic imine (C=N–C) groups is 1. The smallest absolute Gasteiger partial charge is 0.189 e. The number of hydrogen-bond acceptors (Lipinski definition) is 2. The third-order valence-corrected chi connectivity index (χ3v) is 2.73. The monoisotopic (exact) mass is 257 g/mol. The van der Waals surface area contributed by atoms with Gasteiger partial charge in [-0.25, -0.2) is 9.98 Å². The fourth-order valence-electron chi connectivity index (χ4n) is 1.74. The Morgan fingerprint density at radius 2 is 2.32 bits per heavy atom. The van der Waals surface area contributed by atoms with Crippen LogP contribution < -0.4 is 11.1 Å². The van der Waals surface area contributed by atoms with Crippen LogP contribution in [-0.2, 0) is 6.54 Å². The minimum Gasteiger partial charge on any atom is -0.370 e. The van der Waals surface area contributed by atoms with Gasteiger partial charge in [0.2, 0.25) is 0 Å². The number of nitrogens with one attached hydrogen (secondary N) is 1. The molecule has 0 bridgehead atoms. The molecule has 5 nitrogen and oxygen atoms in total. The molecule has 0 spiro atoms. The second kappa shape index (κ2) is 5.56. The minimum atomic E-state index is 0.414. The van der Waals surface area contributed by atoms with E-state index in [2.05, 4.69) is 21.9 Å². The molecule has 0 aliphatic heterocycles. The zero-order valence-electron chi connectivity index (χ0n) is 11.3. The zero-order chi connectivity index (χ0) is 13.8. The summed E-state index contributed by atoms with van der Waals surface area (Å²) in [5, 5.41) is 2.99. The molecular formula is C14H19N5. The van der Waals surface area contributed by atoms with E-state index in [0.29, 0.717) is 19.0 Å². The predicted octanol–water partition coefficient (Wildman–Crippen LogP) is 1.62. The zero-order valence-corrected chi connectivity index (χ0v) is 11.3. The van der Waals surface area contributed by atoms with Gasteiger partial charge in [0, 0.05) is 18.4 Å². The van der Waals surface area contributed by atoms with Gasteiger partial charge in [-0.1, -0.05) is 18.2 Å². The largest absolute Gasteiger partial charge is 0.370 e. The topological polar surface area (TPSA) is 67.7 Å². The van der Waals surface area contributed by atoms with Gasteiger partial charge in [-0.15, -0.1) is 0 Å². The highest BCUT2D eigenvalue weighted by Crippen LogP contribution is 2.08. The summed E-state index contributed by atoms with van der Waals surface area (Å²) in [6.07, 6.45) is 1.99. The van der Waals surface area contributed by atoms with Crippen LogP contribution in [0.2, 0.25) is 0 Å². The van der Waals surface area contributed by atoms with Crippen molar-refractivity contribution in [3.05, 3.63) is 47.9 Å². The average Bonchev–Trinajstić information content (AvgIpc) is 2.78. The lowest BCUT2D eigenvalue weighted by Gasteiger charge is -2.03. The number of aryl methyl sites for hydroxylation is 1. The van der Waals surface area contributed by atoms with Gasteiger partial charge in [-0.3, -0.25) is 0 Å². The van der Waals surface area contributed by atoms with Crippen molar-refractivity contribution in [3.63, 3.8) is 0 Å². The normalized spacial score (nSPS) is 11.8. The molecule has 0 aliphatic rings. The summed E-state index contributed by atoms with van der Waals surface area (Å²) >= 11 is 0. The van der Waals surface area contributed by atoms with Crippen LogP contribution in [0.25, 0.3) is 5.65 Å². The quantitative estimate of drug-likeness (QED) is 0.497. The Morgan fingerprint density at radius 1 is 1.53 bits per heavy atom. The van der Waals surface area contributed by atoms with Crippen molar-refractivity contribution >= 4 is 11.6 Å². The van der Waals surface area contributed by atoms with E-state index in [1.165, 1.54) is 0 Å². The molecule has 0 fully saturated rings. The number of pyridine rings is 1. The number of fused-ring (bicyclic) bond motifs is 1. The highest BCUT2D eigenvalue weighted by atomic mass is 15.1. The van der Waals surface area contributed by atoms with Gasteiger partial charge in [0.25, 0.3) is 0 Å². The lowest BCUT2D eigenvalue weighted by atomic mass is 10.3. The molecule has 0 aromatic carbocycles. The van der Waals surface area contributed by atoms with Gasteiger partial charge in [-0.05, 0) is 26.0 Å². The number of aromatic nitrogens is 2. The molecule has 0 aliphatic carbocycles. The fourth-order valence-corrected chi connectivity index (χ4v) is 1.74. The van der Waals surface area contributed by atoms with Crippen LogP contribution in [0.3, 0.4) is 0 Å². The van der Waals surface area contributed by atoms with Crippen LogP contribution in [0, 0.1) is 6.92 Å². The van der Waals surface area contributed by atoms with Gasteiger partial charge in [0.15, 0.2) is 5.96 Å². The first-order valence-corrected chi connectivity index (χ1v) is 6.18. The van der Waals surface area contributed by atoms with Crippen molar-refractivity contribution in [3.8, 4) is 0 Å². The highest BCUT2D eigenvalue weighted by molar-refractivity contribution is 5.78. The first-order valence-electron chi connectivity index (χ1n) is 6.18. The predicted molar refractivity (Wildman–Crippen MR) is 78.1 cm³/mol. The maximum absolute atomic E-state index is 5.76. The Morgan fingerprint density at radius 3 is 3.00 bits per heavy atom. The third kappa shape index (κ3) is 3.34. The summed E-state index contributed by atoms with van der Waals surface area (Å²) in [6.45, 7) is 8.88. The van der Waals surface area contributed by atoms with E-state index in [-0.39, 0.29) is 0 Å². The molecule has 0 saturated heterocycles. The maximum Gasteiger partial charge on any atom is 0.189 e. The lowest BCUT2D eigenvalue weighted by molar-refractivity contribution is 0.928. The van der Waals surface area contributed by atoms with E-state index in [9.17, 15) is 0 Å². The molecule has 0 saturated carbocycles. The Labute approximate surface area is 112 Å². The van der Waals surface area contributed by atoms with Crippen LogP contribution >= 0.6 is 0 Å². The van der Waals surface area contributed by atoms with E-state index >= 15 is 0 Å². The summed E-state index contributed by atoms with van der Waals surface area (Å²) < 4.78 is 2.04. The summed E-state index contributed by atoms with van der Waals surface area (Å²) in [5.41, 5.74) is 9.75. The fraction of sp³-hybridized carbons (Fsp3) is 0.286. The van der Waals surface area contributed by atoms with Crippen molar-refractivity contribution in [2.75, 3.05) is 6.54 Å². The maximum atomic E-state index is 5.76. The van der Waals surface area contributed by atoms with Crippen LogP contribution in [0.5, 0.6) is 0 Å². The molecule has 3 N–H and O–H groups in total. The average molecular weight is 257 g/mol. The van der Waals surface area contributed by atoms with Gasteiger partial charge >= 0.3 is 0 Å². The molecule has 2 aromatic heterocycles. The molecule has 2 rings (SSSR count). The Hall–Kier alpha value is -2.30. The SMILES string of the molecule is C=C(C)CNC(N)=NCc1cn2c(C)cccc2n1. The molecule has 2 aromatic rings. The molecule has 0 amide bonds. The molecule has 0 unspecified atom stereocenters. The Bertz CT molecular complexity index is 624. The van der Waals surface area contributed by atoms with Crippen molar-refractivity contribution in [2.45, 2.75) is 20.4 Å². The van der Waals surface area contributed by atoms with Gasteiger partial charge < -0.3 is 15.5 Å².